The average molecular weight is 300 g/mol. The minimum absolute atomic E-state index is 0.0125. The van der Waals surface area contributed by atoms with Crippen molar-refractivity contribution in [2.45, 2.75) is 37.9 Å². The van der Waals surface area contributed by atoms with E-state index in [4.69, 9.17) is 5.73 Å². The highest BCUT2D eigenvalue weighted by atomic mass is 19.4. The van der Waals surface area contributed by atoms with Crippen LogP contribution in [0.3, 0.4) is 0 Å². The van der Waals surface area contributed by atoms with E-state index in [1.807, 2.05) is 0 Å². The third kappa shape index (κ3) is 3.97. The normalized spacial score (nSPS) is 22.9. The average Bonchev–Trinajstić information content (AvgIpc) is 2.47. The molecule has 3 nitrogen and oxygen atoms in total. The molecular weight excluding hydrogens is 281 g/mol. The van der Waals surface area contributed by atoms with Gasteiger partial charge in [-0.05, 0) is 49.6 Å². The molecule has 2 unspecified atom stereocenters. The Morgan fingerprint density at radius 2 is 1.81 bits per heavy atom. The Morgan fingerprint density at radius 1 is 1.19 bits per heavy atom. The fourth-order valence-corrected chi connectivity index (χ4v) is 2.74. The molecule has 0 radical (unpaired) electrons. The summed E-state index contributed by atoms with van der Waals surface area (Å²) in [6, 6.07) is 4.28. The van der Waals surface area contributed by atoms with Crippen molar-refractivity contribution in [3.63, 3.8) is 0 Å². The number of hydrogen-bond acceptors (Lipinski definition) is 2. The summed E-state index contributed by atoms with van der Waals surface area (Å²) in [5.74, 6) is -0.0915. The molecule has 0 aliphatic heterocycles. The molecule has 1 aromatic carbocycles. The maximum atomic E-state index is 12.5. The number of benzene rings is 1. The zero-order valence-corrected chi connectivity index (χ0v) is 11.6. The van der Waals surface area contributed by atoms with Crippen LogP contribution < -0.4 is 11.1 Å². The van der Waals surface area contributed by atoms with Crippen molar-refractivity contribution in [2.24, 2.45) is 11.7 Å². The van der Waals surface area contributed by atoms with Gasteiger partial charge in [-0.3, -0.25) is 4.79 Å². The Morgan fingerprint density at radius 3 is 2.38 bits per heavy atom. The molecule has 0 aromatic heterocycles. The quantitative estimate of drug-likeness (QED) is 0.901. The Bertz CT molecular complexity index is 485. The largest absolute Gasteiger partial charge is 0.416 e. The lowest BCUT2D eigenvalue weighted by Gasteiger charge is -2.31. The Kier molecular flexibility index (Phi) is 4.88. The van der Waals surface area contributed by atoms with Gasteiger partial charge in [0.1, 0.15) is 0 Å². The smallest absolute Gasteiger partial charge is 0.349 e. The lowest BCUT2D eigenvalue weighted by atomic mass is 9.84. The minimum Gasteiger partial charge on any atom is -0.349 e. The van der Waals surface area contributed by atoms with Gasteiger partial charge in [-0.15, -0.1) is 0 Å². The van der Waals surface area contributed by atoms with Crippen LogP contribution in [0, 0.1) is 5.92 Å². The summed E-state index contributed by atoms with van der Waals surface area (Å²) < 4.78 is 37.4. The van der Waals surface area contributed by atoms with E-state index in [0.29, 0.717) is 6.54 Å². The number of rotatable bonds is 3. The second-order valence-electron chi connectivity index (χ2n) is 5.44. The maximum Gasteiger partial charge on any atom is 0.416 e. The molecule has 1 fully saturated rings. The van der Waals surface area contributed by atoms with Crippen LogP contribution in [0.2, 0.25) is 0 Å². The first-order valence-electron chi connectivity index (χ1n) is 7.10. The molecule has 3 N–H and O–H groups in total. The van der Waals surface area contributed by atoms with Gasteiger partial charge in [0.2, 0.25) is 0 Å². The fourth-order valence-electron chi connectivity index (χ4n) is 2.74. The second-order valence-corrected chi connectivity index (χ2v) is 5.44. The summed E-state index contributed by atoms with van der Waals surface area (Å²) in [4.78, 5) is 12.1. The molecule has 0 saturated heterocycles. The van der Waals surface area contributed by atoms with Gasteiger partial charge >= 0.3 is 6.18 Å². The van der Waals surface area contributed by atoms with Gasteiger partial charge in [0, 0.05) is 11.6 Å². The first-order valence-corrected chi connectivity index (χ1v) is 7.10. The maximum absolute atomic E-state index is 12.5. The van der Waals surface area contributed by atoms with Crippen molar-refractivity contribution in [1.82, 2.24) is 5.32 Å². The first kappa shape index (κ1) is 15.8. The van der Waals surface area contributed by atoms with Crippen LogP contribution in [0.25, 0.3) is 0 Å². The second kappa shape index (κ2) is 6.47. The van der Waals surface area contributed by atoms with Crippen molar-refractivity contribution in [3.05, 3.63) is 35.4 Å². The predicted octanol–water partition coefficient (Wildman–Crippen LogP) is 2.95. The summed E-state index contributed by atoms with van der Waals surface area (Å²) in [5, 5.41) is 2.89. The zero-order valence-electron chi connectivity index (χ0n) is 11.6. The molecule has 1 aliphatic carbocycles. The van der Waals surface area contributed by atoms with Gasteiger partial charge in [-0.2, -0.15) is 13.2 Å². The highest BCUT2D eigenvalue weighted by Gasteiger charge is 2.30. The van der Waals surface area contributed by atoms with Crippen molar-refractivity contribution < 1.29 is 18.0 Å². The summed E-state index contributed by atoms with van der Waals surface area (Å²) in [7, 11) is 0. The molecule has 1 aromatic rings. The van der Waals surface area contributed by atoms with Crippen LogP contribution >= 0.6 is 0 Å². The van der Waals surface area contributed by atoms with E-state index >= 15 is 0 Å². The van der Waals surface area contributed by atoms with E-state index in [1.165, 1.54) is 12.1 Å². The summed E-state index contributed by atoms with van der Waals surface area (Å²) >= 11 is 0. The Hall–Kier alpha value is -1.56. The van der Waals surface area contributed by atoms with Gasteiger partial charge in [-0.1, -0.05) is 12.8 Å². The van der Waals surface area contributed by atoms with E-state index in [9.17, 15) is 18.0 Å². The molecule has 116 valence electrons. The van der Waals surface area contributed by atoms with E-state index in [0.717, 1.165) is 37.8 Å². The number of alkyl halides is 3. The number of hydrogen-bond donors (Lipinski definition) is 2. The number of carbonyl (C=O) groups excluding carboxylic acids is 1. The lowest BCUT2D eigenvalue weighted by Crippen LogP contribution is -2.44. The van der Waals surface area contributed by atoms with E-state index < -0.39 is 11.7 Å². The highest BCUT2D eigenvalue weighted by molar-refractivity contribution is 5.94. The molecule has 1 amide bonds. The Labute approximate surface area is 121 Å². The third-order valence-electron chi connectivity index (χ3n) is 4.00. The van der Waals surface area contributed by atoms with Crippen molar-refractivity contribution >= 4 is 5.91 Å². The van der Waals surface area contributed by atoms with E-state index in [1.54, 1.807) is 0 Å². The van der Waals surface area contributed by atoms with Gasteiger partial charge in [-0.25, -0.2) is 0 Å². The van der Waals surface area contributed by atoms with Crippen LogP contribution in [0.1, 0.15) is 41.6 Å². The van der Waals surface area contributed by atoms with E-state index in [-0.39, 0.29) is 23.4 Å². The van der Waals surface area contributed by atoms with Gasteiger partial charge < -0.3 is 11.1 Å². The highest BCUT2D eigenvalue weighted by Crippen LogP contribution is 2.29. The molecule has 0 spiro atoms. The fraction of sp³-hybridized carbons (Fsp3) is 0.533. The zero-order chi connectivity index (χ0) is 15.5. The first-order chi connectivity index (χ1) is 9.91. The van der Waals surface area contributed by atoms with Crippen molar-refractivity contribution in [1.29, 1.82) is 0 Å². The standard InChI is InChI=1S/C15H19F3N2O/c16-15(17,18)12-7-5-10(6-8-12)14(21)20-13-4-2-1-3-11(13)9-19/h5-8,11,13H,1-4,9,19H2,(H,20,21). The molecule has 21 heavy (non-hydrogen) atoms. The molecule has 2 atom stereocenters. The van der Waals surface area contributed by atoms with Crippen LogP contribution in [-0.4, -0.2) is 18.5 Å². The molecule has 1 aliphatic rings. The number of halogens is 3. The summed E-state index contributed by atoms with van der Waals surface area (Å²) in [5.41, 5.74) is 5.19. The molecule has 6 heteroatoms. The van der Waals surface area contributed by atoms with Gasteiger partial charge in [0.05, 0.1) is 5.56 Å². The molecular formula is C15H19F3N2O. The number of nitrogens with one attached hydrogen (secondary N) is 1. The third-order valence-corrected chi connectivity index (χ3v) is 4.00. The summed E-state index contributed by atoms with van der Waals surface area (Å²) in [6.45, 7) is 0.512. The molecule has 2 rings (SSSR count). The molecule has 1 saturated carbocycles. The van der Waals surface area contributed by atoms with Crippen LogP contribution in [-0.2, 0) is 6.18 Å². The van der Waals surface area contributed by atoms with Crippen LogP contribution in [0.4, 0.5) is 13.2 Å². The van der Waals surface area contributed by atoms with Gasteiger partial charge in [0.25, 0.3) is 5.91 Å². The van der Waals surface area contributed by atoms with Gasteiger partial charge in [0.15, 0.2) is 0 Å². The topological polar surface area (TPSA) is 55.1 Å². The number of nitrogens with two attached hydrogens (primary N) is 1. The van der Waals surface area contributed by atoms with Crippen molar-refractivity contribution in [3.8, 4) is 0 Å². The lowest BCUT2D eigenvalue weighted by molar-refractivity contribution is -0.137. The number of carbonyl (C=O) groups is 1. The number of amides is 1. The predicted molar refractivity (Wildman–Crippen MR) is 73.7 cm³/mol. The minimum atomic E-state index is -4.39. The molecule has 0 bridgehead atoms. The summed E-state index contributed by atoms with van der Waals surface area (Å²) in [6.07, 6.45) is -0.394. The molecule has 0 heterocycles. The van der Waals surface area contributed by atoms with Crippen LogP contribution in [0.15, 0.2) is 24.3 Å². The monoisotopic (exact) mass is 300 g/mol. The van der Waals surface area contributed by atoms with Crippen molar-refractivity contribution in [2.75, 3.05) is 6.54 Å². The SMILES string of the molecule is NCC1CCCCC1NC(=O)c1ccc(C(F)(F)F)cc1. The van der Waals surface area contributed by atoms with Crippen LogP contribution in [0.5, 0.6) is 0 Å². The Balaban J connectivity index is 2.03. The van der Waals surface area contributed by atoms with E-state index in [2.05, 4.69) is 5.32 Å².